The Labute approximate surface area is 152 Å². The van der Waals surface area contributed by atoms with Gasteiger partial charge in [0.1, 0.15) is 11.5 Å². The fourth-order valence-corrected chi connectivity index (χ4v) is 2.29. The Balaban J connectivity index is 1.78. The minimum atomic E-state index is 0.255. The van der Waals surface area contributed by atoms with Gasteiger partial charge >= 0.3 is 0 Å². The number of benzene rings is 2. The van der Waals surface area contributed by atoms with Crippen LogP contribution >= 0.6 is 0 Å². The van der Waals surface area contributed by atoms with Gasteiger partial charge in [-0.3, -0.25) is 0 Å². The lowest BCUT2D eigenvalue weighted by atomic mass is 10.1. The molecule has 0 spiro atoms. The van der Waals surface area contributed by atoms with Gasteiger partial charge in [-0.05, 0) is 67.6 Å². The number of hydrogen-bond donors (Lipinski definition) is 1. The summed E-state index contributed by atoms with van der Waals surface area (Å²) >= 11 is 0. The van der Waals surface area contributed by atoms with Gasteiger partial charge in [-0.25, -0.2) is 0 Å². The van der Waals surface area contributed by atoms with Gasteiger partial charge < -0.3 is 14.8 Å². The first kappa shape index (κ1) is 19.2. The molecule has 0 amide bonds. The quantitative estimate of drug-likeness (QED) is 0.583. The molecule has 0 saturated carbocycles. The zero-order chi connectivity index (χ0) is 18.1. The minimum Gasteiger partial charge on any atom is -0.494 e. The second-order valence-corrected chi connectivity index (χ2v) is 6.89. The average molecular weight is 341 g/mol. The van der Waals surface area contributed by atoms with Gasteiger partial charge in [0.05, 0.1) is 12.7 Å². The van der Waals surface area contributed by atoms with E-state index in [4.69, 9.17) is 9.47 Å². The molecular formula is C22H31NO2. The van der Waals surface area contributed by atoms with Gasteiger partial charge in [0, 0.05) is 12.2 Å². The summed E-state index contributed by atoms with van der Waals surface area (Å²) in [6.45, 7) is 10.2. The summed E-state index contributed by atoms with van der Waals surface area (Å²) in [5, 5.41) is 3.44. The normalized spacial score (nSPS) is 12.0. The van der Waals surface area contributed by atoms with Crippen molar-refractivity contribution in [2.75, 3.05) is 11.9 Å². The molecule has 136 valence electrons. The van der Waals surface area contributed by atoms with Gasteiger partial charge in [-0.1, -0.05) is 32.9 Å². The molecule has 0 fully saturated rings. The minimum absolute atomic E-state index is 0.255. The predicted octanol–water partition coefficient (Wildman–Crippen LogP) is 5.90. The fourth-order valence-electron chi connectivity index (χ4n) is 2.29. The second-order valence-electron chi connectivity index (χ2n) is 6.89. The maximum absolute atomic E-state index is 5.81. The highest BCUT2D eigenvalue weighted by Gasteiger charge is 2.02. The molecule has 0 heterocycles. The number of hydrogen-bond acceptors (Lipinski definition) is 3. The van der Waals surface area contributed by atoms with E-state index in [-0.39, 0.29) is 6.10 Å². The van der Waals surface area contributed by atoms with Crippen LogP contribution in [0.4, 0.5) is 5.69 Å². The van der Waals surface area contributed by atoms with Crippen molar-refractivity contribution in [1.82, 2.24) is 0 Å². The second kappa shape index (κ2) is 9.97. The van der Waals surface area contributed by atoms with Crippen LogP contribution in [0.3, 0.4) is 0 Å². The lowest BCUT2D eigenvalue weighted by Crippen LogP contribution is -2.09. The van der Waals surface area contributed by atoms with Crippen LogP contribution in [0.1, 0.15) is 46.1 Å². The molecule has 1 atom stereocenters. The van der Waals surface area contributed by atoms with Crippen LogP contribution in [0.15, 0.2) is 48.5 Å². The van der Waals surface area contributed by atoms with E-state index in [2.05, 4.69) is 57.3 Å². The molecule has 0 aliphatic rings. The largest absolute Gasteiger partial charge is 0.494 e. The molecule has 2 aromatic carbocycles. The van der Waals surface area contributed by atoms with Crippen molar-refractivity contribution < 1.29 is 9.47 Å². The van der Waals surface area contributed by atoms with E-state index in [0.29, 0.717) is 5.92 Å². The lowest BCUT2D eigenvalue weighted by molar-refractivity contribution is 0.217. The number of anilines is 1. The third-order valence-electron chi connectivity index (χ3n) is 4.15. The highest BCUT2D eigenvalue weighted by Crippen LogP contribution is 2.19. The third kappa shape index (κ3) is 7.08. The molecule has 0 bridgehead atoms. The highest BCUT2D eigenvalue weighted by molar-refractivity contribution is 5.47. The summed E-state index contributed by atoms with van der Waals surface area (Å²) in [7, 11) is 0. The summed E-state index contributed by atoms with van der Waals surface area (Å²) in [6.07, 6.45) is 2.35. The molecule has 2 rings (SSSR count). The van der Waals surface area contributed by atoms with E-state index in [1.54, 1.807) is 0 Å². The Morgan fingerprint density at radius 3 is 2.12 bits per heavy atom. The van der Waals surface area contributed by atoms with Crippen LogP contribution < -0.4 is 14.8 Å². The topological polar surface area (TPSA) is 30.5 Å². The molecule has 0 aliphatic carbocycles. The fraction of sp³-hybridized carbons (Fsp3) is 0.455. The molecule has 0 saturated heterocycles. The Kier molecular flexibility index (Phi) is 7.65. The van der Waals surface area contributed by atoms with Gasteiger partial charge in [-0.2, -0.15) is 0 Å². The highest BCUT2D eigenvalue weighted by atomic mass is 16.5. The molecule has 0 unspecified atom stereocenters. The molecule has 25 heavy (non-hydrogen) atoms. The van der Waals surface area contributed by atoms with Crippen LogP contribution in [0, 0.1) is 5.92 Å². The number of ether oxygens (including phenoxy) is 2. The van der Waals surface area contributed by atoms with Crippen LogP contribution in [-0.4, -0.2) is 12.7 Å². The first-order chi connectivity index (χ1) is 12.1. The number of nitrogens with one attached hydrogen (secondary N) is 1. The van der Waals surface area contributed by atoms with Crippen molar-refractivity contribution in [1.29, 1.82) is 0 Å². The van der Waals surface area contributed by atoms with Crippen LogP contribution in [0.2, 0.25) is 0 Å². The van der Waals surface area contributed by atoms with Gasteiger partial charge in [0.15, 0.2) is 0 Å². The number of rotatable bonds is 10. The van der Waals surface area contributed by atoms with Crippen molar-refractivity contribution >= 4 is 5.69 Å². The Morgan fingerprint density at radius 1 is 0.880 bits per heavy atom. The van der Waals surface area contributed by atoms with Crippen molar-refractivity contribution in [2.45, 2.75) is 53.2 Å². The van der Waals surface area contributed by atoms with Crippen molar-refractivity contribution in [2.24, 2.45) is 5.92 Å². The van der Waals surface area contributed by atoms with E-state index >= 15 is 0 Å². The summed E-state index contributed by atoms with van der Waals surface area (Å²) in [5.74, 6) is 2.53. The van der Waals surface area contributed by atoms with E-state index in [0.717, 1.165) is 43.2 Å². The summed E-state index contributed by atoms with van der Waals surface area (Å²) in [6, 6.07) is 16.4. The van der Waals surface area contributed by atoms with Gasteiger partial charge in [0.2, 0.25) is 0 Å². The van der Waals surface area contributed by atoms with Crippen LogP contribution in [-0.2, 0) is 6.54 Å². The van der Waals surface area contributed by atoms with Gasteiger partial charge in [0.25, 0.3) is 0 Å². The molecule has 0 aromatic heterocycles. The van der Waals surface area contributed by atoms with E-state index in [9.17, 15) is 0 Å². The van der Waals surface area contributed by atoms with E-state index in [1.807, 2.05) is 24.3 Å². The van der Waals surface area contributed by atoms with Crippen molar-refractivity contribution in [3.05, 3.63) is 54.1 Å². The lowest BCUT2D eigenvalue weighted by Gasteiger charge is -2.13. The smallest absolute Gasteiger partial charge is 0.119 e. The standard InChI is InChI=1S/C22H31NO2/c1-5-18(4)25-22-10-6-19(7-11-22)16-23-20-8-12-21(13-9-20)24-15-14-17(2)3/h6-13,17-18,23H,5,14-16H2,1-4H3/t18-/m1/s1. The van der Waals surface area contributed by atoms with Crippen molar-refractivity contribution in [3.63, 3.8) is 0 Å². The molecule has 1 N–H and O–H groups in total. The maximum atomic E-state index is 5.81. The Morgan fingerprint density at radius 2 is 1.52 bits per heavy atom. The Bertz CT molecular complexity index is 605. The SMILES string of the molecule is CC[C@@H](C)Oc1ccc(CNc2ccc(OCCC(C)C)cc2)cc1. The van der Waals surface area contributed by atoms with Crippen LogP contribution in [0.5, 0.6) is 11.5 Å². The summed E-state index contributed by atoms with van der Waals surface area (Å²) in [5.41, 5.74) is 2.32. The maximum Gasteiger partial charge on any atom is 0.119 e. The molecule has 3 heteroatoms. The van der Waals surface area contributed by atoms with E-state index < -0.39 is 0 Å². The molecule has 2 aromatic rings. The summed E-state index contributed by atoms with van der Waals surface area (Å²) in [4.78, 5) is 0. The molecular weight excluding hydrogens is 310 g/mol. The zero-order valence-corrected chi connectivity index (χ0v) is 15.9. The first-order valence-corrected chi connectivity index (χ1v) is 9.29. The zero-order valence-electron chi connectivity index (χ0n) is 15.9. The molecule has 3 nitrogen and oxygen atoms in total. The van der Waals surface area contributed by atoms with Gasteiger partial charge in [-0.15, -0.1) is 0 Å². The summed E-state index contributed by atoms with van der Waals surface area (Å²) < 4.78 is 11.6. The van der Waals surface area contributed by atoms with E-state index in [1.165, 1.54) is 5.56 Å². The molecule has 0 radical (unpaired) electrons. The predicted molar refractivity (Wildman–Crippen MR) is 106 cm³/mol. The van der Waals surface area contributed by atoms with Crippen LogP contribution in [0.25, 0.3) is 0 Å². The monoisotopic (exact) mass is 341 g/mol. The van der Waals surface area contributed by atoms with Crippen molar-refractivity contribution in [3.8, 4) is 11.5 Å². The Hall–Kier alpha value is -2.16. The third-order valence-corrected chi connectivity index (χ3v) is 4.15. The average Bonchev–Trinajstić information content (AvgIpc) is 2.62. The first-order valence-electron chi connectivity index (χ1n) is 9.29. The molecule has 0 aliphatic heterocycles.